The molecule has 0 aromatic carbocycles. The number of aliphatic hydroxyl groups excluding tert-OH is 1. The number of anilines is 2. The molecule has 3 heterocycles. The Hall–Kier alpha value is -4.79. The largest absolute Gasteiger partial charge is 0.507 e. The number of hydrogen-bond acceptors (Lipinski definition) is 10. The molecule has 41 heavy (non-hydrogen) atoms. The predicted octanol–water partition coefficient (Wildman–Crippen LogP) is 4.54. The Morgan fingerprint density at radius 3 is 2.49 bits per heavy atom. The molecule has 3 rings (SSSR count). The van der Waals surface area contributed by atoms with Crippen molar-refractivity contribution in [2.45, 2.75) is 26.1 Å². The molecule has 0 saturated carbocycles. The number of amides is 2. The number of alkyl halides is 3. The summed E-state index contributed by atoms with van der Waals surface area (Å²) >= 11 is 0.956. The lowest BCUT2D eigenvalue weighted by Crippen LogP contribution is -2.27. The lowest BCUT2D eigenvalue weighted by Gasteiger charge is -2.12. The van der Waals surface area contributed by atoms with Gasteiger partial charge in [-0.1, -0.05) is 12.6 Å². The molecule has 0 bridgehead atoms. The number of aliphatic hydroxyl groups is 1. The minimum atomic E-state index is -4.85. The summed E-state index contributed by atoms with van der Waals surface area (Å²) in [5.41, 5.74) is -1.40. The topological polar surface area (TPSA) is 154 Å². The highest BCUT2D eigenvalue weighted by Gasteiger charge is 2.35. The predicted molar refractivity (Wildman–Crippen MR) is 148 cm³/mol. The number of allylic oxidation sites excluding steroid dienone is 4. The minimum absolute atomic E-state index is 0.104. The first-order chi connectivity index (χ1) is 19.5. The number of aromatic nitrogens is 4. The number of thiazole rings is 1. The maximum Gasteiger partial charge on any atom is 0.420 e. The Bertz CT molecular complexity index is 1440. The highest BCUT2D eigenvalue weighted by atomic mass is 32.1. The van der Waals surface area contributed by atoms with Gasteiger partial charge in [0.2, 0.25) is 0 Å². The van der Waals surface area contributed by atoms with E-state index >= 15 is 0 Å². The van der Waals surface area contributed by atoms with Crippen molar-refractivity contribution < 1.29 is 27.9 Å². The summed E-state index contributed by atoms with van der Waals surface area (Å²) < 4.78 is 39.5. The van der Waals surface area contributed by atoms with Crippen molar-refractivity contribution in [3.05, 3.63) is 94.3 Å². The fourth-order valence-electron chi connectivity index (χ4n) is 3.26. The normalized spacial score (nSPS) is 13.0. The summed E-state index contributed by atoms with van der Waals surface area (Å²) in [6.07, 6.45) is 0.581. The van der Waals surface area contributed by atoms with Crippen molar-refractivity contribution >= 4 is 34.8 Å². The molecule has 3 aromatic rings. The van der Waals surface area contributed by atoms with E-state index < -0.39 is 35.4 Å². The van der Waals surface area contributed by atoms with Crippen molar-refractivity contribution in [2.24, 2.45) is 0 Å². The molecule has 3 aromatic heterocycles. The number of carbonyl (C=O) groups excluding carboxylic acids is 2. The highest BCUT2D eigenvalue weighted by Crippen LogP contribution is 2.29. The number of nitrogens with one attached hydrogen (secondary N) is 4. The first-order valence-electron chi connectivity index (χ1n) is 12.1. The molecule has 0 aliphatic heterocycles. The molecule has 0 aliphatic rings. The molecular weight excluding hydrogens is 561 g/mol. The molecule has 2 amide bonds. The van der Waals surface area contributed by atoms with E-state index in [2.05, 4.69) is 47.8 Å². The smallest absolute Gasteiger partial charge is 0.420 e. The first-order valence-corrected chi connectivity index (χ1v) is 12.9. The van der Waals surface area contributed by atoms with Crippen molar-refractivity contribution in [1.82, 2.24) is 30.6 Å². The van der Waals surface area contributed by atoms with Crippen LogP contribution in [0.1, 0.15) is 45.1 Å². The third-order valence-corrected chi connectivity index (χ3v) is 6.39. The molecular formula is C26H27F3N8O3S. The van der Waals surface area contributed by atoms with Gasteiger partial charge in [-0.15, -0.1) is 11.3 Å². The van der Waals surface area contributed by atoms with Crippen molar-refractivity contribution in [3.63, 3.8) is 0 Å². The molecule has 15 heteroatoms. The summed E-state index contributed by atoms with van der Waals surface area (Å²) in [4.78, 5) is 41.8. The van der Waals surface area contributed by atoms with Crippen molar-refractivity contribution in [1.29, 1.82) is 0 Å². The van der Waals surface area contributed by atoms with E-state index in [0.717, 1.165) is 17.2 Å². The molecule has 0 saturated heterocycles. The van der Waals surface area contributed by atoms with E-state index in [4.69, 9.17) is 0 Å². The zero-order valence-corrected chi connectivity index (χ0v) is 22.8. The summed E-state index contributed by atoms with van der Waals surface area (Å²) in [7, 11) is 0. The number of hydrogen-bond donors (Lipinski definition) is 5. The molecule has 0 aliphatic carbocycles. The van der Waals surface area contributed by atoms with Crippen LogP contribution in [0.4, 0.5) is 24.8 Å². The fourth-order valence-corrected chi connectivity index (χ4v) is 4.07. The minimum Gasteiger partial charge on any atom is -0.507 e. The van der Waals surface area contributed by atoms with Crippen LogP contribution in [0.2, 0.25) is 0 Å². The Kier molecular flexibility index (Phi) is 10.5. The van der Waals surface area contributed by atoms with E-state index in [1.54, 1.807) is 13.1 Å². The third kappa shape index (κ3) is 9.13. The Morgan fingerprint density at radius 1 is 1.10 bits per heavy atom. The zero-order valence-electron chi connectivity index (χ0n) is 22.0. The van der Waals surface area contributed by atoms with E-state index in [0.29, 0.717) is 36.1 Å². The van der Waals surface area contributed by atoms with Gasteiger partial charge in [-0.25, -0.2) is 19.9 Å². The molecule has 216 valence electrons. The second-order valence-electron chi connectivity index (χ2n) is 8.40. The van der Waals surface area contributed by atoms with Crippen LogP contribution in [-0.4, -0.2) is 56.1 Å². The number of nitrogens with zero attached hydrogens (tertiary/aromatic N) is 4. The second kappa shape index (κ2) is 14.0. The molecule has 11 nitrogen and oxygen atoms in total. The van der Waals surface area contributed by atoms with Crippen LogP contribution in [0.5, 0.6) is 0 Å². The van der Waals surface area contributed by atoms with Crippen molar-refractivity contribution in [2.75, 3.05) is 23.7 Å². The van der Waals surface area contributed by atoms with E-state index in [-0.39, 0.29) is 16.3 Å². The lowest BCUT2D eigenvalue weighted by molar-refractivity contribution is -0.0905. The number of halogens is 3. The molecule has 0 radical (unpaired) electrons. The Morgan fingerprint density at radius 2 is 1.83 bits per heavy atom. The third-order valence-electron chi connectivity index (χ3n) is 5.21. The van der Waals surface area contributed by atoms with Gasteiger partial charge in [0.15, 0.2) is 0 Å². The lowest BCUT2D eigenvalue weighted by atomic mass is 10.1. The van der Waals surface area contributed by atoms with Gasteiger partial charge in [0, 0.05) is 31.0 Å². The van der Waals surface area contributed by atoms with E-state index in [1.807, 2.05) is 18.2 Å². The highest BCUT2D eigenvalue weighted by molar-refractivity contribution is 7.13. The standard InChI is InChI=1S/C26H27F3N8O3S/c1-4-19(38)17(26(27,28)29)11-15(2)36-24(40)20-13-33-25(41-20)16(3)37-23(39)18-12-22(35-14-34-18)32-10-9-31-21-7-5-6-8-30-21/h4-8,11-14,16,38H,1,9-10H2,2-3H3,(H,30,31)(H,36,40)(H,37,39)(H,32,34,35)/b15-11+,19-17-. The summed E-state index contributed by atoms with van der Waals surface area (Å²) in [6, 6.07) is 6.41. The van der Waals surface area contributed by atoms with Crippen LogP contribution in [0.25, 0.3) is 0 Å². The fraction of sp³-hybridized carbons (Fsp3) is 0.231. The zero-order chi connectivity index (χ0) is 30.0. The molecule has 0 fully saturated rings. The van der Waals surface area contributed by atoms with Gasteiger partial charge >= 0.3 is 6.18 Å². The number of rotatable bonds is 12. The monoisotopic (exact) mass is 588 g/mol. The van der Waals surface area contributed by atoms with E-state index in [9.17, 15) is 27.9 Å². The summed E-state index contributed by atoms with van der Waals surface area (Å²) in [6.45, 7) is 7.09. The van der Waals surface area contributed by atoms with Gasteiger partial charge in [-0.3, -0.25) is 9.59 Å². The maximum atomic E-state index is 13.2. The number of carbonyl (C=O) groups is 2. The maximum absolute atomic E-state index is 13.2. The van der Waals surface area contributed by atoms with E-state index in [1.165, 1.54) is 25.5 Å². The van der Waals surface area contributed by atoms with Gasteiger partial charge in [-0.05, 0) is 38.1 Å². The average molecular weight is 589 g/mol. The SMILES string of the molecule is C=C/C(O)=C(\C=C(/C)NC(=O)c1cnc(C(C)NC(=O)c2cc(NCCNc3ccccn3)ncn2)s1)C(F)(F)F. The molecule has 1 atom stereocenters. The van der Waals surface area contributed by atoms with Gasteiger partial charge < -0.3 is 26.4 Å². The Labute approximate surface area is 237 Å². The summed E-state index contributed by atoms with van der Waals surface area (Å²) in [5, 5.41) is 21.2. The number of pyridine rings is 1. The molecule has 0 spiro atoms. The van der Waals surface area contributed by atoms with Crippen LogP contribution >= 0.6 is 11.3 Å². The van der Waals surface area contributed by atoms with Crippen molar-refractivity contribution in [3.8, 4) is 0 Å². The Balaban J connectivity index is 1.56. The summed E-state index contributed by atoms with van der Waals surface area (Å²) in [5.74, 6) is -1.09. The van der Waals surface area contributed by atoms with Gasteiger partial charge in [0.25, 0.3) is 11.8 Å². The quantitative estimate of drug-likeness (QED) is 0.117. The van der Waals surface area contributed by atoms with Gasteiger partial charge in [-0.2, -0.15) is 13.2 Å². The molecule has 5 N–H and O–H groups in total. The van der Waals surface area contributed by atoms with Gasteiger partial charge in [0.1, 0.15) is 39.3 Å². The van der Waals surface area contributed by atoms with Crippen LogP contribution in [-0.2, 0) is 0 Å². The first kappa shape index (κ1) is 30.7. The van der Waals surface area contributed by atoms with Crippen LogP contribution in [0.15, 0.2) is 78.7 Å². The van der Waals surface area contributed by atoms with Crippen LogP contribution in [0.3, 0.4) is 0 Å². The molecule has 1 unspecified atom stereocenters. The average Bonchev–Trinajstić information content (AvgIpc) is 3.45. The van der Waals surface area contributed by atoms with Crippen LogP contribution in [0, 0.1) is 0 Å². The second-order valence-corrected chi connectivity index (χ2v) is 9.46. The van der Waals surface area contributed by atoms with Crippen LogP contribution < -0.4 is 21.3 Å². The van der Waals surface area contributed by atoms with Gasteiger partial charge in [0.05, 0.1) is 17.8 Å².